The van der Waals surface area contributed by atoms with Gasteiger partial charge in [0.2, 0.25) is 5.91 Å². The van der Waals surface area contributed by atoms with E-state index < -0.39 is 86.8 Å². The Hall–Kier alpha value is -3.87. The number of unbranched alkanes of at least 4 members (excludes halogenated alkanes) is 18. The SMILES string of the molecule is CC/C=C\C/C=C\C/C=C\C/C=C\C/C=C\C/C=C\C/C=C\C/C=C\C/C=C\CCCCCCCCCCCCCCCC(=O)NC(COC1OC(CO)C(OC2OC(CO)C(O)C(O)C2O)C(O)C1O)C(O)/C=C/CC/C=C/CCCCCC. The van der Waals surface area contributed by atoms with Crippen molar-refractivity contribution in [3.63, 3.8) is 0 Å². The van der Waals surface area contributed by atoms with Gasteiger partial charge in [-0.05, 0) is 103 Å². The van der Waals surface area contributed by atoms with Crippen molar-refractivity contribution in [2.24, 2.45) is 0 Å². The van der Waals surface area contributed by atoms with E-state index in [1.165, 1.54) is 77.0 Å². The Kier molecular flexibility index (Phi) is 49.3. The number of amides is 1. The normalized spacial score (nSPS) is 24.4. The molecule has 0 aromatic rings. The Labute approximate surface area is 513 Å². The molecule has 2 aliphatic heterocycles. The van der Waals surface area contributed by atoms with E-state index in [1.807, 2.05) is 6.08 Å². The highest BCUT2D eigenvalue weighted by atomic mass is 16.7. The van der Waals surface area contributed by atoms with E-state index in [4.69, 9.17) is 18.9 Å². The van der Waals surface area contributed by atoms with E-state index in [-0.39, 0.29) is 18.9 Å². The number of aliphatic hydroxyl groups is 8. The van der Waals surface area contributed by atoms with Gasteiger partial charge in [-0.15, -0.1) is 0 Å². The Bertz CT molecular complexity index is 1940. The molecule has 2 heterocycles. The molecule has 0 aromatic heterocycles. The van der Waals surface area contributed by atoms with Crippen LogP contribution in [0, 0.1) is 0 Å². The first-order valence-electron chi connectivity index (χ1n) is 32.9. The predicted octanol–water partition coefficient (Wildman–Crippen LogP) is 12.7. The molecule has 2 saturated heterocycles. The molecule has 0 bridgehead atoms. The average Bonchev–Trinajstić information content (AvgIpc) is 2.93. The van der Waals surface area contributed by atoms with E-state index in [2.05, 4.69) is 141 Å². The largest absolute Gasteiger partial charge is 0.394 e. The molecular formula is C71H117NO13. The van der Waals surface area contributed by atoms with E-state index in [9.17, 15) is 45.6 Å². The molecule has 2 aliphatic rings. The molecule has 1 amide bonds. The predicted molar refractivity (Wildman–Crippen MR) is 345 cm³/mol. The van der Waals surface area contributed by atoms with Crippen LogP contribution in [0.5, 0.6) is 0 Å². The summed E-state index contributed by atoms with van der Waals surface area (Å²) < 4.78 is 22.7. The van der Waals surface area contributed by atoms with Gasteiger partial charge in [-0.3, -0.25) is 4.79 Å². The van der Waals surface area contributed by atoms with Gasteiger partial charge in [0.05, 0.1) is 32.0 Å². The number of allylic oxidation sites excluding steroid dienone is 21. The lowest BCUT2D eigenvalue weighted by molar-refractivity contribution is -0.359. The highest BCUT2D eigenvalue weighted by Gasteiger charge is 2.51. The topological polar surface area (TPSA) is 228 Å². The number of ether oxygens (including phenoxy) is 4. The van der Waals surface area contributed by atoms with Gasteiger partial charge in [-0.1, -0.05) is 237 Å². The average molecular weight is 1190 g/mol. The van der Waals surface area contributed by atoms with Crippen molar-refractivity contribution < 1.29 is 64.6 Å². The molecule has 0 saturated carbocycles. The van der Waals surface area contributed by atoms with E-state index in [0.29, 0.717) is 12.8 Å². The summed E-state index contributed by atoms with van der Waals surface area (Å²) in [5.74, 6) is -0.258. The maximum atomic E-state index is 13.2. The number of aliphatic hydroxyl groups excluding tert-OH is 8. The third-order valence-corrected chi connectivity index (χ3v) is 15.1. The van der Waals surface area contributed by atoms with Gasteiger partial charge in [-0.25, -0.2) is 0 Å². The molecular weight excluding hydrogens is 1070 g/mol. The molecule has 14 nitrogen and oxygen atoms in total. The number of carbonyl (C=O) groups is 1. The molecule has 2 rings (SSSR count). The second-order valence-electron chi connectivity index (χ2n) is 22.5. The molecule has 0 aliphatic carbocycles. The lowest BCUT2D eigenvalue weighted by Crippen LogP contribution is -2.65. The van der Waals surface area contributed by atoms with Gasteiger partial charge >= 0.3 is 0 Å². The van der Waals surface area contributed by atoms with Crippen LogP contribution < -0.4 is 5.32 Å². The summed E-state index contributed by atoms with van der Waals surface area (Å²) >= 11 is 0. The van der Waals surface area contributed by atoms with Crippen LogP contribution in [-0.4, -0.2) is 140 Å². The molecule has 9 N–H and O–H groups in total. The maximum Gasteiger partial charge on any atom is 0.220 e. The van der Waals surface area contributed by atoms with Crippen LogP contribution in [0.1, 0.15) is 213 Å². The van der Waals surface area contributed by atoms with Crippen molar-refractivity contribution in [3.05, 3.63) is 134 Å². The highest BCUT2D eigenvalue weighted by Crippen LogP contribution is 2.30. The minimum Gasteiger partial charge on any atom is -0.394 e. The third-order valence-electron chi connectivity index (χ3n) is 15.1. The Morgan fingerprint density at radius 3 is 1.29 bits per heavy atom. The molecule has 85 heavy (non-hydrogen) atoms. The van der Waals surface area contributed by atoms with Crippen molar-refractivity contribution in [2.45, 2.75) is 286 Å². The van der Waals surface area contributed by atoms with Crippen LogP contribution in [-0.2, 0) is 23.7 Å². The highest BCUT2D eigenvalue weighted by molar-refractivity contribution is 5.76. The Morgan fingerprint density at radius 1 is 0.435 bits per heavy atom. The summed E-state index contributed by atoms with van der Waals surface area (Å²) in [5.41, 5.74) is 0. The van der Waals surface area contributed by atoms with Crippen LogP contribution in [0.25, 0.3) is 0 Å². The first-order chi connectivity index (χ1) is 41.6. The quantitative estimate of drug-likeness (QED) is 0.0204. The monoisotopic (exact) mass is 1190 g/mol. The lowest BCUT2D eigenvalue weighted by Gasteiger charge is -2.46. The molecule has 484 valence electrons. The summed E-state index contributed by atoms with van der Waals surface area (Å²) in [4.78, 5) is 13.2. The summed E-state index contributed by atoms with van der Waals surface area (Å²) in [5, 5.41) is 86.9. The van der Waals surface area contributed by atoms with Crippen LogP contribution >= 0.6 is 0 Å². The zero-order valence-corrected chi connectivity index (χ0v) is 52.3. The van der Waals surface area contributed by atoms with Gasteiger partial charge in [0.25, 0.3) is 0 Å². The summed E-state index contributed by atoms with van der Waals surface area (Å²) in [6.45, 7) is 2.60. The minimum absolute atomic E-state index is 0.258. The van der Waals surface area contributed by atoms with Gasteiger partial charge in [0.15, 0.2) is 12.6 Å². The first kappa shape index (κ1) is 77.2. The number of rotatable bonds is 51. The summed E-state index contributed by atoms with van der Waals surface area (Å²) in [7, 11) is 0. The molecule has 14 heteroatoms. The van der Waals surface area contributed by atoms with Crippen molar-refractivity contribution in [3.8, 4) is 0 Å². The van der Waals surface area contributed by atoms with E-state index in [1.54, 1.807) is 6.08 Å². The van der Waals surface area contributed by atoms with Crippen LogP contribution in [0.2, 0.25) is 0 Å². The molecule has 2 fully saturated rings. The number of nitrogens with one attached hydrogen (secondary N) is 1. The third kappa shape index (κ3) is 38.9. The molecule has 12 unspecified atom stereocenters. The fraction of sp³-hybridized carbons (Fsp3) is 0.676. The van der Waals surface area contributed by atoms with E-state index in [0.717, 1.165) is 103 Å². The zero-order chi connectivity index (χ0) is 61.6. The molecule has 0 aromatic carbocycles. The second-order valence-corrected chi connectivity index (χ2v) is 22.5. The van der Waals surface area contributed by atoms with Gasteiger partial charge in [0, 0.05) is 6.42 Å². The maximum absolute atomic E-state index is 13.2. The minimum atomic E-state index is -1.80. The fourth-order valence-corrected chi connectivity index (χ4v) is 9.83. The summed E-state index contributed by atoms with van der Waals surface area (Å²) in [6, 6.07) is -0.938. The van der Waals surface area contributed by atoms with Crippen LogP contribution in [0.4, 0.5) is 0 Å². The van der Waals surface area contributed by atoms with Crippen molar-refractivity contribution >= 4 is 5.91 Å². The molecule has 0 radical (unpaired) electrons. The number of carbonyl (C=O) groups excluding carboxylic acids is 1. The fourth-order valence-electron chi connectivity index (χ4n) is 9.83. The number of hydrogen-bond donors (Lipinski definition) is 9. The number of hydrogen-bond acceptors (Lipinski definition) is 13. The summed E-state index contributed by atoms with van der Waals surface area (Å²) in [6.07, 6.45) is 63.9. The van der Waals surface area contributed by atoms with Gasteiger partial charge in [0.1, 0.15) is 48.8 Å². The second kappa shape index (κ2) is 54.3. The van der Waals surface area contributed by atoms with Crippen LogP contribution in [0.3, 0.4) is 0 Å². The van der Waals surface area contributed by atoms with E-state index >= 15 is 0 Å². The molecule has 0 spiro atoms. The smallest absolute Gasteiger partial charge is 0.220 e. The van der Waals surface area contributed by atoms with Crippen molar-refractivity contribution in [1.82, 2.24) is 5.32 Å². The Morgan fingerprint density at radius 2 is 0.824 bits per heavy atom. The Balaban J connectivity index is 1.57. The van der Waals surface area contributed by atoms with Gasteiger partial charge < -0.3 is 65.1 Å². The lowest BCUT2D eigenvalue weighted by atomic mass is 9.97. The van der Waals surface area contributed by atoms with Crippen molar-refractivity contribution in [2.75, 3.05) is 19.8 Å². The van der Waals surface area contributed by atoms with Gasteiger partial charge in [-0.2, -0.15) is 0 Å². The first-order valence-corrected chi connectivity index (χ1v) is 32.9. The zero-order valence-electron chi connectivity index (χ0n) is 52.3. The van der Waals surface area contributed by atoms with Crippen molar-refractivity contribution in [1.29, 1.82) is 0 Å². The standard InChI is InChI=1S/C71H117NO13/c1-3-5-7-9-11-13-15-16-17-18-19-20-21-22-23-24-25-26-27-28-29-30-31-32-33-34-35-36-37-38-39-40-41-42-43-44-45-47-49-51-53-55-63(76)72-59(60(75)54-52-50-48-46-14-12-10-8-6-4-2)58-82-70-68(81)66(79)69(62(57-74)84-70)85-71-67(80)65(78)64(77)61(56-73)83-71/h5,7,11,13-14,16-17,19-20,22-23,25-26,28-29,31-32,34-35,46,52,54,59-62,64-71,73-75,77-81H,3-4,6,8-10,12,15,18,21,24,27,30,33,36-45,47-51,53,55-58H2,1-2H3,(H,72,76)/b7-5-,13-11-,17-16-,20-19-,23-22-,26-25-,29-28-,32-31-,35-34-,46-14+,54-52+. The molecule has 12 atom stereocenters. The van der Waals surface area contributed by atoms with Crippen LogP contribution in [0.15, 0.2) is 134 Å².